The Bertz CT molecular complexity index is 310. The molecule has 0 unspecified atom stereocenters. The summed E-state index contributed by atoms with van der Waals surface area (Å²) >= 11 is 0. The maximum Gasteiger partial charge on any atom is 0.182 e. The molecular formula is C7H11NO2S. The van der Waals surface area contributed by atoms with Gasteiger partial charge in [-0.15, -0.1) is 0 Å². The molecule has 62 valence electrons. The van der Waals surface area contributed by atoms with Gasteiger partial charge >= 0.3 is 0 Å². The molecular weight excluding hydrogens is 162 g/mol. The lowest BCUT2D eigenvalue weighted by molar-refractivity contribution is 0.587. The second kappa shape index (κ2) is 2.70. The predicted molar refractivity (Wildman–Crippen MR) is 43.1 cm³/mol. The molecule has 1 rings (SSSR count). The van der Waals surface area contributed by atoms with Crippen molar-refractivity contribution in [2.75, 3.05) is 0 Å². The average molecular weight is 173 g/mol. The molecule has 11 heavy (non-hydrogen) atoms. The number of H-pyrrole nitrogens is 1. The highest BCUT2D eigenvalue weighted by Crippen LogP contribution is 2.13. The molecule has 0 aromatic carbocycles. The first-order valence-electron chi connectivity index (χ1n) is 3.42. The van der Waals surface area contributed by atoms with E-state index < -0.39 is 9.84 Å². The Kier molecular flexibility index (Phi) is 2.04. The maximum absolute atomic E-state index is 11.4. The van der Waals surface area contributed by atoms with Gasteiger partial charge in [0.2, 0.25) is 0 Å². The number of hydrogen-bond acceptors (Lipinski definition) is 2. The summed E-state index contributed by atoms with van der Waals surface area (Å²) in [5.74, 6) is 0. The fraction of sp³-hybridized carbons (Fsp3) is 0.429. The lowest BCUT2D eigenvalue weighted by atomic mass is 10.6. The van der Waals surface area contributed by atoms with Gasteiger partial charge in [0.1, 0.15) is 0 Å². The summed E-state index contributed by atoms with van der Waals surface area (Å²) in [7, 11) is -3.06. The molecule has 0 saturated carbocycles. The molecule has 1 aromatic heterocycles. The minimum atomic E-state index is -3.06. The number of hydrogen-bond donors (Lipinski definition) is 1. The number of aromatic amines is 1. The predicted octanol–water partition coefficient (Wildman–Crippen LogP) is 1.20. The molecule has 0 aliphatic carbocycles. The molecule has 0 aliphatic rings. The summed E-state index contributed by atoms with van der Waals surface area (Å²) in [4.78, 5) is 3.08. The van der Waals surface area contributed by atoms with Gasteiger partial charge in [0, 0.05) is 12.4 Å². The number of nitrogens with one attached hydrogen (secondary N) is 1. The van der Waals surface area contributed by atoms with Crippen LogP contribution in [0.15, 0.2) is 23.4 Å². The lowest BCUT2D eigenvalue weighted by Gasteiger charge is -2.03. The summed E-state index contributed by atoms with van der Waals surface area (Å²) in [6, 6.07) is 1.56. The molecule has 1 heterocycles. The van der Waals surface area contributed by atoms with Gasteiger partial charge in [0.05, 0.1) is 10.1 Å². The zero-order valence-corrected chi connectivity index (χ0v) is 7.35. The Hall–Kier alpha value is -0.770. The number of aromatic nitrogens is 1. The van der Waals surface area contributed by atoms with Crippen molar-refractivity contribution >= 4 is 9.84 Å². The van der Waals surface area contributed by atoms with E-state index >= 15 is 0 Å². The molecule has 0 amide bonds. The smallest absolute Gasteiger partial charge is 0.182 e. The van der Waals surface area contributed by atoms with Gasteiger partial charge in [-0.2, -0.15) is 0 Å². The van der Waals surface area contributed by atoms with Gasteiger partial charge < -0.3 is 4.98 Å². The molecule has 1 aromatic rings. The Morgan fingerprint density at radius 1 is 1.45 bits per heavy atom. The van der Waals surface area contributed by atoms with Crippen LogP contribution in [0.5, 0.6) is 0 Å². The summed E-state index contributed by atoms with van der Waals surface area (Å²) < 4.78 is 22.7. The first kappa shape index (κ1) is 8.33. The molecule has 0 atom stereocenters. The zero-order chi connectivity index (χ0) is 8.48. The van der Waals surface area contributed by atoms with Crippen LogP contribution in [-0.4, -0.2) is 18.7 Å². The van der Waals surface area contributed by atoms with Gasteiger partial charge in [-0.3, -0.25) is 0 Å². The Labute approximate surface area is 66.4 Å². The minimum Gasteiger partial charge on any atom is -0.366 e. The van der Waals surface area contributed by atoms with Crippen LogP contribution in [0.3, 0.4) is 0 Å². The summed E-state index contributed by atoms with van der Waals surface area (Å²) in [6.07, 6.45) is 3.10. The van der Waals surface area contributed by atoms with Crippen molar-refractivity contribution in [3.05, 3.63) is 18.5 Å². The zero-order valence-electron chi connectivity index (χ0n) is 6.53. The maximum atomic E-state index is 11.4. The van der Waals surface area contributed by atoms with Crippen molar-refractivity contribution in [3.63, 3.8) is 0 Å². The van der Waals surface area contributed by atoms with Crippen LogP contribution < -0.4 is 0 Å². The molecule has 4 heteroatoms. The fourth-order valence-electron chi connectivity index (χ4n) is 0.758. The minimum absolute atomic E-state index is 0.349. The third-order valence-corrected chi connectivity index (χ3v) is 3.67. The normalized spacial score (nSPS) is 12.3. The largest absolute Gasteiger partial charge is 0.366 e. The summed E-state index contributed by atoms with van der Waals surface area (Å²) in [6.45, 7) is 3.34. The van der Waals surface area contributed by atoms with E-state index in [1.54, 1.807) is 26.1 Å². The lowest BCUT2D eigenvalue weighted by Crippen LogP contribution is -2.12. The number of sulfone groups is 1. The van der Waals surface area contributed by atoms with E-state index in [2.05, 4.69) is 4.98 Å². The van der Waals surface area contributed by atoms with E-state index in [0.29, 0.717) is 4.90 Å². The van der Waals surface area contributed by atoms with Crippen LogP contribution >= 0.6 is 0 Å². The van der Waals surface area contributed by atoms with Gasteiger partial charge in [-0.25, -0.2) is 8.42 Å². The first-order chi connectivity index (χ1) is 5.05. The first-order valence-corrected chi connectivity index (χ1v) is 4.96. The van der Waals surface area contributed by atoms with E-state index in [1.165, 1.54) is 6.20 Å². The highest BCUT2D eigenvalue weighted by Gasteiger charge is 2.18. The standard InChI is InChI=1S/C7H11NO2S/c1-6(2)11(9,10)7-3-4-8-5-7/h3-6,8H,1-2H3. The fourth-order valence-corrected chi connectivity index (χ4v) is 1.79. The van der Waals surface area contributed by atoms with E-state index in [1.807, 2.05) is 0 Å². The SMILES string of the molecule is CC(C)S(=O)(=O)c1cc[nH]c1. The Morgan fingerprint density at radius 2 is 2.09 bits per heavy atom. The molecule has 0 radical (unpaired) electrons. The third-order valence-electron chi connectivity index (χ3n) is 1.52. The second-order valence-electron chi connectivity index (χ2n) is 2.64. The molecule has 0 saturated heterocycles. The average Bonchev–Trinajstić information content (AvgIpc) is 2.37. The highest BCUT2D eigenvalue weighted by molar-refractivity contribution is 7.92. The van der Waals surface area contributed by atoms with Crippen LogP contribution in [0.25, 0.3) is 0 Å². The quantitative estimate of drug-likeness (QED) is 0.730. The molecule has 0 fully saturated rings. The third kappa shape index (κ3) is 1.45. The highest BCUT2D eigenvalue weighted by atomic mass is 32.2. The van der Waals surface area contributed by atoms with Crippen LogP contribution in [0.4, 0.5) is 0 Å². The van der Waals surface area contributed by atoms with Crippen LogP contribution in [-0.2, 0) is 9.84 Å². The van der Waals surface area contributed by atoms with Crippen molar-refractivity contribution in [1.82, 2.24) is 4.98 Å². The Balaban J connectivity index is 3.12. The van der Waals surface area contributed by atoms with Gasteiger partial charge in [-0.1, -0.05) is 0 Å². The van der Waals surface area contributed by atoms with E-state index in [4.69, 9.17) is 0 Å². The summed E-state index contributed by atoms with van der Waals surface area (Å²) in [5.41, 5.74) is 0. The van der Waals surface area contributed by atoms with E-state index in [9.17, 15) is 8.42 Å². The van der Waals surface area contributed by atoms with E-state index in [0.717, 1.165) is 0 Å². The molecule has 0 bridgehead atoms. The monoisotopic (exact) mass is 173 g/mol. The van der Waals surface area contributed by atoms with Gasteiger partial charge in [0.25, 0.3) is 0 Å². The van der Waals surface area contributed by atoms with Crippen molar-refractivity contribution in [3.8, 4) is 0 Å². The molecule has 0 aliphatic heterocycles. The summed E-state index contributed by atoms with van der Waals surface area (Å²) in [5, 5.41) is -0.349. The van der Waals surface area contributed by atoms with Gasteiger partial charge in [0.15, 0.2) is 9.84 Å². The van der Waals surface area contributed by atoms with Crippen molar-refractivity contribution in [2.24, 2.45) is 0 Å². The molecule has 3 nitrogen and oxygen atoms in total. The van der Waals surface area contributed by atoms with Crippen molar-refractivity contribution < 1.29 is 8.42 Å². The second-order valence-corrected chi connectivity index (χ2v) is 5.14. The van der Waals surface area contributed by atoms with Crippen LogP contribution in [0.1, 0.15) is 13.8 Å². The van der Waals surface area contributed by atoms with Crippen LogP contribution in [0.2, 0.25) is 0 Å². The van der Waals surface area contributed by atoms with Crippen LogP contribution in [0, 0.1) is 0 Å². The molecule has 0 spiro atoms. The van der Waals surface area contributed by atoms with Crippen molar-refractivity contribution in [1.29, 1.82) is 0 Å². The Morgan fingerprint density at radius 3 is 2.45 bits per heavy atom. The molecule has 1 N–H and O–H groups in total. The van der Waals surface area contributed by atoms with Gasteiger partial charge in [-0.05, 0) is 19.9 Å². The number of rotatable bonds is 2. The van der Waals surface area contributed by atoms with E-state index in [-0.39, 0.29) is 5.25 Å². The topological polar surface area (TPSA) is 49.9 Å². The van der Waals surface area contributed by atoms with Crippen molar-refractivity contribution in [2.45, 2.75) is 24.0 Å².